The first kappa shape index (κ1) is 15.7. The minimum atomic E-state index is -0.568. The van der Waals surface area contributed by atoms with Crippen molar-refractivity contribution in [3.8, 4) is 0 Å². The summed E-state index contributed by atoms with van der Waals surface area (Å²) in [5.41, 5.74) is 6.78. The van der Waals surface area contributed by atoms with Crippen molar-refractivity contribution in [1.29, 1.82) is 0 Å². The minimum Gasteiger partial charge on any atom is -0.397 e. The van der Waals surface area contributed by atoms with Crippen LogP contribution in [0.15, 0.2) is 24.4 Å². The van der Waals surface area contributed by atoms with Crippen LogP contribution in [0.1, 0.15) is 23.8 Å². The third kappa shape index (κ3) is 3.49. The van der Waals surface area contributed by atoms with E-state index in [9.17, 15) is 9.18 Å². The SMILES string of the molecule is CCCn1cc(N)cc1C(=O)Nc1c(Cl)cc(F)cc1Cl. The second-order valence-corrected chi connectivity index (χ2v) is 5.37. The number of nitrogens with zero attached hydrogens (tertiary/aromatic N) is 1. The summed E-state index contributed by atoms with van der Waals surface area (Å²) in [6.07, 6.45) is 2.54. The van der Waals surface area contributed by atoms with E-state index in [1.54, 1.807) is 16.8 Å². The standard InChI is InChI=1S/C14H14Cl2FN3O/c1-2-3-20-7-9(18)6-12(20)14(21)19-13-10(15)4-8(17)5-11(13)16/h4-7H,2-3,18H2,1H3,(H,19,21). The van der Waals surface area contributed by atoms with Crippen molar-refractivity contribution in [3.05, 3.63) is 46.0 Å². The van der Waals surface area contributed by atoms with E-state index in [1.807, 2.05) is 6.92 Å². The molecule has 2 aromatic rings. The monoisotopic (exact) mass is 329 g/mol. The summed E-state index contributed by atoms with van der Waals surface area (Å²) >= 11 is 11.8. The Bertz CT molecular complexity index is 662. The molecule has 0 aliphatic heterocycles. The molecular formula is C14H14Cl2FN3O. The second-order valence-electron chi connectivity index (χ2n) is 4.55. The molecule has 112 valence electrons. The molecule has 0 fully saturated rings. The number of anilines is 2. The van der Waals surface area contributed by atoms with E-state index in [0.717, 1.165) is 18.6 Å². The average Bonchev–Trinajstić information content (AvgIpc) is 2.75. The average molecular weight is 330 g/mol. The normalized spacial score (nSPS) is 10.7. The highest BCUT2D eigenvalue weighted by atomic mass is 35.5. The maximum atomic E-state index is 13.1. The van der Waals surface area contributed by atoms with Crippen molar-refractivity contribution in [1.82, 2.24) is 4.57 Å². The van der Waals surface area contributed by atoms with E-state index in [4.69, 9.17) is 28.9 Å². The molecule has 0 saturated carbocycles. The highest BCUT2D eigenvalue weighted by Crippen LogP contribution is 2.31. The fourth-order valence-corrected chi connectivity index (χ4v) is 2.54. The number of aryl methyl sites for hydroxylation is 1. The molecule has 0 atom stereocenters. The van der Waals surface area contributed by atoms with E-state index in [1.165, 1.54) is 0 Å². The van der Waals surface area contributed by atoms with Gasteiger partial charge < -0.3 is 15.6 Å². The quantitative estimate of drug-likeness (QED) is 0.883. The Labute approximate surface area is 131 Å². The van der Waals surface area contributed by atoms with Crippen LogP contribution in [0.25, 0.3) is 0 Å². The van der Waals surface area contributed by atoms with Gasteiger partial charge in [0.15, 0.2) is 0 Å². The zero-order valence-corrected chi connectivity index (χ0v) is 12.8. The Balaban J connectivity index is 2.30. The number of carbonyl (C=O) groups excluding carboxylic acids is 1. The molecule has 3 N–H and O–H groups in total. The minimum absolute atomic E-state index is 0.0370. The molecule has 1 aromatic carbocycles. The van der Waals surface area contributed by atoms with Crippen molar-refractivity contribution in [3.63, 3.8) is 0 Å². The predicted molar refractivity (Wildman–Crippen MR) is 83.5 cm³/mol. The van der Waals surface area contributed by atoms with Crippen LogP contribution in [0, 0.1) is 5.82 Å². The molecule has 0 spiro atoms. The van der Waals surface area contributed by atoms with Gasteiger partial charge in [-0.2, -0.15) is 0 Å². The molecule has 2 rings (SSSR count). The topological polar surface area (TPSA) is 60.0 Å². The van der Waals surface area contributed by atoms with E-state index in [2.05, 4.69) is 5.32 Å². The van der Waals surface area contributed by atoms with Gasteiger partial charge in [0.1, 0.15) is 11.5 Å². The molecule has 0 radical (unpaired) electrons. The van der Waals surface area contributed by atoms with Gasteiger partial charge in [-0.25, -0.2) is 4.39 Å². The number of hydrogen-bond acceptors (Lipinski definition) is 2. The van der Waals surface area contributed by atoms with Crippen LogP contribution in [-0.4, -0.2) is 10.5 Å². The molecule has 4 nitrogen and oxygen atoms in total. The summed E-state index contributed by atoms with van der Waals surface area (Å²) in [5, 5.41) is 2.66. The number of aromatic nitrogens is 1. The smallest absolute Gasteiger partial charge is 0.272 e. The van der Waals surface area contributed by atoms with Crippen LogP contribution in [0.5, 0.6) is 0 Å². The zero-order chi connectivity index (χ0) is 15.6. The van der Waals surface area contributed by atoms with Gasteiger partial charge in [-0.3, -0.25) is 4.79 Å². The number of nitrogens with one attached hydrogen (secondary N) is 1. The van der Waals surface area contributed by atoms with Gasteiger partial charge in [0.2, 0.25) is 0 Å². The number of hydrogen-bond donors (Lipinski definition) is 2. The number of amides is 1. The largest absolute Gasteiger partial charge is 0.397 e. The summed E-state index contributed by atoms with van der Waals surface area (Å²) in [6.45, 7) is 2.65. The zero-order valence-electron chi connectivity index (χ0n) is 11.3. The number of halogens is 3. The lowest BCUT2D eigenvalue weighted by Crippen LogP contribution is -2.17. The fourth-order valence-electron chi connectivity index (χ4n) is 1.99. The Hall–Kier alpha value is -1.72. The molecule has 1 amide bonds. The molecule has 21 heavy (non-hydrogen) atoms. The fraction of sp³-hybridized carbons (Fsp3) is 0.214. The van der Waals surface area contributed by atoms with Crippen LogP contribution in [0.4, 0.5) is 15.8 Å². The maximum absolute atomic E-state index is 13.1. The Morgan fingerprint density at radius 1 is 1.33 bits per heavy atom. The number of carbonyl (C=O) groups is 1. The van der Waals surface area contributed by atoms with Crippen LogP contribution >= 0.6 is 23.2 Å². The summed E-state index contributed by atoms with van der Waals surface area (Å²) in [4.78, 5) is 12.3. The Kier molecular flexibility index (Phi) is 4.75. The Morgan fingerprint density at radius 2 is 1.95 bits per heavy atom. The molecule has 0 saturated heterocycles. The third-order valence-electron chi connectivity index (χ3n) is 2.86. The maximum Gasteiger partial charge on any atom is 0.272 e. The van der Waals surface area contributed by atoms with Gasteiger partial charge in [-0.1, -0.05) is 30.1 Å². The number of rotatable bonds is 4. The van der Waals surface area contributed by atoms with E-state index < -0.39 is 11.7 Å². The second kappa shape index (κ2) is 6.37. The molecule has 1 heterocycles. The van der Waals surface area contributed by atoms with Crippen molar-refractivity contribution < 1.29 is 9.18 Å². The third-order valence-corrected chi connectivity index (χ3v) is 3.46. The lowest BCUT2D eigenvalue weighted by atomic mass is 10.3. The van der Waals surface area contributed by atoms with Crippen LogP contribution in [-0.2, 0) is 6.54 Å². The lowest BCUT2D eigenvalue weighted by Gasteiger charge is -2.11. The summed E-state index contributed by atoms with van der Waals surface area (Å²) in [7, 11) is 0. The van der Waals surface area contributed by atoms with Gasteiger partial charge in [0, 0.05) is 12.7 Å². The summed E-state index contributed by atoms with van der Waals surface area (Å²) < 4.78 is 14.9. The van der Waals surface area contributed by atoms with Crippen molar-refractivity contribution >= 4 is 40.5 Å². The summed E-state index contributed by atoms with van der Waals surface area (Å²) in [5.74, 6) is -0.975. The molecule has 0 bridgehead atoms. The molecule has 1 aromatic heterocycles. The molecule has 7 heteroatoms. The van der Waals surface area contributed by atoms with E-state index in [0.29, 0.717) is 17.9 Å². The van der Waals surface area contributed by atoms with Crippen LogP contribution < -0.4 is 11.1 Å². The number of benzene rings is 1. The number of nitrogen functional groups attached to an aromatic ring is 1. The molecule has 0 unspecified atom stereocenters. The van der Waals surface area contributed by atoms with Gasteiger partial charge in [0.25, 0.3) is 5.91 Å². The summed E-state index contributed by atoms with van der Waals surface area (Å²) in [6, 6.07) is 3.74. The lowest BCUT2D eigenvalue weighted by molar-refractivity contribution is 0.101. The van der Waals surface area contributed by atoms with E-state index >= 15 is 0 Å². The first-order valence-corrected chi connectivity index (χ1v) is 7.09. The highest BCUT2D eigenvalue weighted by Gasteiger charge is 2.16. The van der Waals surface area contributed by atoms with Gasteiger partial charge in [-0.15, -0.1) is 0 Å². The van der Waals surface area contributed by atoms with Gasteiger partial charge >= 0.3 is 0 Å². The van der Waals surface area contributed by atoms with E-state index in [-0.39, 0.29) is 15.7 Å². The van der Waals surface area contributed by atoms with Gasteiger partial charge in [-0.05, 0) is 24.6 Å². The van der Waals surface area contributed by atoms with Crippen molar-refractivity contribution in [2.45, 2.75) is 19.9 Å². The number of nitrogens with two attached hydrogens (primary N) is 1. The molecule has 0 aliphatic rings. The van der Waals surface area contributed by atoms with Crippen LogP contribution in [0.3, 0.4) is 0 Å². The Morgan fingerprint density at radius 3 is 2.52 bits per heavy atom. The van der Waals surface area contributed by atoms with Crippen molar-refractivity contribution in [2.75, 3.05) is 11.1 Å². The molecule has 0 aliphatic carbocycles. The first-order valence-electron chi connectivity index (χ1n) is 6.34. The predicted octanol–water partition coefficient (Wildman–Crippen LogP) is 4.18. The van der Waals surface area contributed by atoms with Gasteiger partial charge in [0.05, 0.1) is 21.4 Å². The highest BCUT2D eigenvalue weighted by molar-refractivity contribution is 6.40. The van der Waals surface area contributed by atoms with Crippen LogP contribution in [0.2, 0.25) is 10.0 Å². The first-order chi connectivity index (χ1) is 9.92. The molecular weight excluding hydrogens is 316 g/mol. The van der Waals surface area contributed by atoms with Crippen molar-refractivity contribution in [2.24, 2.45) is 0 Å².